The van der Waals surface area contributed by atoms with E-state index in [0.29, 0.717) is 19.3 Å². The molecule has 0 saturated carbocycles. The third-order valence-corrected chi connectivity index (χ3v) is 13.8. The van der Waals surface area contributed by atoms with Gasteiger partial charge < -0.3 is 14.2 Å². The highest BCUT2D eigenvalue weighted by Gasteiger charge is 2.19. The minimum absolute atomic E-state index is 0.0745. The maximum atomic E-state index is 12.9. The van der Waals surface area contributed by atoms with E-state index in [0.717, 1.165) is 83.5 Å². The van der Waals surface area contributed by atoms with Crippen LogP contribution in [-0.4, -0.2) is 37.2 Å². The Morgan fingerprint density at radius 1 is 0.286 bits per heavy atom. The summed E-state index contributed by atoms with van der Waals surface area (Å²) in [6.07, 6.45) is 71.6. The van der Waals surface area contributed by atoms with E-state index in [1.165, 1.54) is 212 Å². The predicted octanol–water partition coefficient (Wildman–Crippen LogP) is 20.8. The summed E-state index contributed by atoms with van der Waals surface area (Å²) < 4.78 is 16.9. The number of hydrogen-bond acceptors (Lipinski definition) is 6. The zero-order valence-corrected chi connectivity index (χ0v) is 47.1. The first-order valence-electron chi connectivity index (χ1n) is 31.0. The number of carbonyl (C=O) groups is 3. The molecule has 0 aliphatic rings. The van der Waals surface area contributed by atoms with Gasteiger partial charge in [-0.15, -0.1) is 0 Å². The number of rotatable bonds is 57. The average molecular weight is 984 g/mol. The summed E-state index contributed by atoms with van der Waals surface area (Å²) in [6.45, 7) is 6.59. The topological polar surface area (TPSA) is 78.9 Å². The van der Waals surface area contributed by atoms with Gasteiger partial charge in [0, 0.05) is 19.3 Å². The lowest BCUT2D eigenvalue weighted by Crippen LogP contribution is -2.30. The van der Waals surface area contributed by atoms with E-state index in [1.807, 2.05) is 0 Å². The predicted molar refractivity (Wildman–Crippen MR) is 302 cm³/mol. The van der Waals surface area contributed by atoms with Crippen LogP contribution in [0.4, 0.5) is 0 Å². The molecule has 1 atom stereocenters. The molecule has 6 nitrogen and oxygen atoms in total. The van der Waals surface area contributed by atoms with Crippen molar-refractivity contribution in [2.75, 3.05) is 13.2 Å². The Hall–Kier alpha value is -2.37. The number of hydrogen-bond donors (Lipinski definition) is 0. The zero-order valence-electron chi connectivity index (χ0n) is 47.1. The molecule has 0 saturated heterocycles. The van der Waals surface area contributed by atoms with Gasteiger partial charge in [0.25, 0.3) is 0 Å². The van der Waals surface area contributed by atoms with Gasteiger partial charge >= 0.3 is 17.9 Å². The lowest BCUT2D eigenvalue weighted by molar-refractivity contribution is -0.167. The van der Waals surface area contributed by atoms with Crippen molar-refractivity contribution < 1.29 is 28.6 Å². The molecule has 0 spiro atoms. The first-order valence-corrected chi connectivity index (χ1v) is 31.0. The summed E-state index contributed by atoms with van der Waals surface area (Å²) in [5.74, 6) is -0.875. The molecule has 0 heterocycles. The second kappa shape index (κ2) is 59.2. The molecule has 0 aliphatic carbocycles. The second-order valence-electron chi connectivity index (χ2n) is 21.0. The molecular weight excluding hydrogens is 865 g/mol. The zero-order chi connectivity index (χ0) is 50.7. The van der Waals surface area contributed by atoms with Crippen LogP contribution < -0.4 is 0 Å². The molecule has 0 aromatic carbocycles. The van der Waals surface area contributed by atoms with Crippen molar-refractivity contribution in [3.63, 3.8) is 0 Å². The normalized spacial score (nSPS) is 12.2. The summed E-state index contributed by atoms with van der Waals surface area (Å²) in [4.78, 5) is 38.1. The number of carbonyl (C=O) groups excluding carboxylic acids is 3. The van der Waals surface area contributed by atoms with E-state index in [1.54, 1.807) is 0 Å². The highest BCUT2D eigenvalue weighted by Crippen LogP contribution is 2.17. The Kier molecular flexibility index (Phi) is 57.2. The molecule has 0 radical (unpaired) electrons. The van der Waals surface area contributed by atoms with Crippen LogP contribution in [0, 0.1) is 0 Å². The molecule has 0 aromatic heterocycles. The van der Waals surface area contributed by atoms with Crippen LogP contribution in [0.15, 0.2) is 36.5 Å². The largest absolute Gasteiger partial charge is 0.462 e. The molecule has 1 unspecified atom stereocenters. The van der Waals surface area contributed by atoms with Gasteiger partial charge in [0.05, 0.1) is 0 Å². The minimum atomic E-state index is -0.777. The summed E-state index contributed by atoms with van der Waals surface area (Å²) in [5.41, 5.74) is 0. The van der Waals surface area contributed by atoms with E-state index in [9.17, 15) is 14.4 Å². The molecule has 0 fully saturated rings. The van der Waals surface area contributed by atoms with Crippen LogP contribution in [-0.2, 0) is 28.6 Å². The average Bonchev–Trinajstić information content (AvgIpc) is 3.36. The Balaban J connectivity index is 4.18. The van der Waals surface area contributed by atoms with Crippen molar-refractivity contribution in [3.05, 3.63) is 36.5 Å². The van der Waals surface area contributed by atoms with E-state index in [4.69, 9.17) is 14.2 Å². The van der Waals surface area contributed by atoms with Crippen molar-refractivity contribution in [1.29, 1.82) is 0 Å². The van der Waals surface area contributed by atoms with Crippen molar-refractivity contribution in [1.82, 2.24) is 0 Å². The van der Waals surface area contributed by atoms with Gasteiger partial charge in [0.15, 0.2) is 6.10 Å². The van der Waals surface area contributed by atoms with Crippen molar-refractivity contribution >= 4 is 17.9 Å². The van der Waals surface area contributed by atoms with E-state index in [-0.39, 0.29) is 31.1 Å². The van der Waals surface area contributed by atoms with Crippen LogP contribution in [0.5, 0.6) is 0 Å². The summed E-state index contributed by atoms with van der Waals surface area (Å²) in [6, 6.07) is 0. The van der Waals surface area contributed by atoms with Gasteiger partial charge in [-0.05, 0) is 70.6 Å². The van der Waals surface area contributed by atoms with Crippen molar-refractivity contribution in [2.45, 2.75) is 341 Å². The fourth-order valence-electron chi connectivity index (χ4n) is 9.18. The highest BCUT2D eigenvalue weighted by molar-refractivity contribution is 5.71. The molecule has 0 N–H and O–H groups in total. The van der Waals surface area contributed by atoms with Gasteiger partial charge in [0.1, 0.15) is 13.2 Å². The van der Waals surface area contributed by atoms with Crippen LogP contribution >= 0.6 is 0 Å². The molecule has 0 bridgehead atoms. The van der Waals surface area contributed by atoms with Gasteiger partial charge in [-0.3, -0.25) is 14.4 Å². The Morgan fingerprint density at radius 3 is 0.886 bits per heavy atom. The Morgan fingerprint density at radius 2 is 0.543 bits per heavy atom. The van der Waals surface area contributed by atoms with E-state index >= 15 is 0 Å². The van der Waals surface area contributed by atoms with Gasteiger partial charge in [-0.1, -0.05) is 282 Å². The molecule has 0 rings (SSSR count). The van der Waals surface area contributed by atoms with Crippen LogP contribution in [0.3, 0.4) is 0 Å². The van der Waals surface area contributed by atoms with Gasteiger partial charge in [-0.25, -0.2) is 0 Å². The number of ether oxygens (including phenoxy) is 3. The smallest absolute Gasteiger partial charge is 0.306 e. The maximum Gasteiger partial charge on any atom is 0.306 e. The van der Waals surface area contributed by atoms with E-state index < -0.39 is 6.10 Å². The summed E-state index contributed by atoms with van der Waals surface area (Å²) in [5, 5.41) is 0. The molecule has 0 aromatic rings. The lowest BCUT2D eigenvalue weighted by Gasteiger charge is -2.18. The Bertz CT molecular complexity index is 1170. The fourth-order valence-corrected chi connectivity index (χ4v) is 9.18. The minimum Gasteiger partial charge on any atom is -0.462 e. The first-order chi connectivity index (χ1) is 34.5. The molecule has 0 amide bonds. The maximum absolute atomic E-state index is 12.9. The standard InChI is InChI=1S/C64H118O6/c1-4-7-10-13-16-19-22-24-26-28-29-30-31-32-33-34-35-37-38-40-42-45-48-51-54-57-63(66)69-60-61(59-68-62(65)56-53-50-47-44-21-18-15-12-9-6-3)70-64(67)58-55-52-49-46-43-41-39-36-27-25-23-20-17-14-11-8-5-2/h12,15,17,20,25,27,61H,4-11,13-14,16,18-19,21-24,26,28-60H2,1-3H3/b15-12-,20-17-,27-25-. The molecule has 410 valence electrons. The first kappa shape index (κ1) is 67.6. The van der Waals surface area contributed by atoms with Crippen molar-refractivity contribution in [2.24, 2.45) is 0 Å². The van der Waals surface area contributed by atoms with Gasteiger partial charge in [0.2, 0.25) is 0 Å². The summed E-state index contributed by atoms with van der Waals surface area (Å²) >= 11 is 0. The summed E-state index contributed by atoms with van der Waals surface area (Å²) in [7, 11) is 0. The molecule has 0 aliphatic heterocycles. The van der Waals surface area contributed by atoms with Crippen molar-refractivity contribution in [3.8, 4) is 0 Å². The van der Waals surface area contributed by atoms with Crippen LogP contribution in [0.2, 0.25) is 0 Å². The van der Waals surface area contributed by atoms with Gasteiger partial charge in [-0.2, -0.15) is 0 Å². The highest BCUT2D eigenvalue weighted by atomic mass is 16.6. The second-order valence-corrected chi connectivity index (χ2v) is 21.0. The number of unbranched alkanes of at least 4 members (excludes halogenated alkanes) is 40. The fraction of sp³-hybridized carbons (Fsp3) is 0.859. The lowest BCUT2D eigenvalue weighted by atomic mass is 10.0. The Labute approximate surface area is 435 Å². The monoisotopic (exact) mass is 983 g/mol. The molecular formula is C64H118O6. The number of esters is 3. The molecule has 6 heteroatoms. The number of allylic oxidation sites excluding steroid dienone is 6. The third-order valence-electron chi connectivity index (χ3n) is 13.8. The third kappa shape index (κ3) is 56.5. The van der Waals surface area contributed by atoms with Crippen LogP contribution in [0.25, 0.3) is 0 Å². The SMILES string of the molecule is CCC/C=C\CCCCCCCC(=O)OCC(COC(=O)CCCCCCCCCCCCCCCCCCCCCCCCCCC)OC(=O)CCCCCCCCC/C=C\C/C=C\CCCCC. The molecule has 70 heavy (non-hydrogen) atoms. The van der Waals surface area contributed by atoms with Crippen LogP contribution in [0.1, 0.15) is 335 Å². The quantitative estimate of drug-likeness (QED) is 0.0261. The van der Waals surface area contributed by atoms with E-state index in [2.05, 4.69) is 57.2 Å².